The fourth-order valence-corrected chi connectivity index (χ4v) is 14.2. The van der Waals surface area contributed by atoms with Crippen LogP contribution in [0.25, 0.3) is 110 Å². The fraction of sp³-hybridized carbons (Fsp3) is 0.203. The first kappa shape index (κ1) is 40.8. The van der Waals surface area contributed by atoms with Crippen LogP contribution in [0.15, 0.2) is 174 Å². The fourth-order valence-electron chi connectivity index (χ4n) is 13.1. The Morgan fingerprint density at radius 2 is 1.17 bits per heavy atom. The summed E-state index contributed by atoms with van der Waals surface area (Å²) in [5.41, 5.74) is 16.0. The molecule has 0 N–H and O–H groups in total. The molecule has 14 rings (SSSR count). The Balaban J connectivity index is 0.972. The van der Waals surface area contributed by atoms with E-state index < -0.39 is 0 Å². The van der Waals surface area contributed by atoms with E-state index in [4.69, 9.17) is 19.4 Å². The maximum Gasteiger partial charge on any atom is 0.167 e. The average Bonchev–Trinajstić information content (AvgIpc) is 4.03. The van der Waals surface area contributed by atoms with Crippen LogP contribution in [0.3, 0.4) is 0 Å². The van der Waals surface area contributed by atoms with E-state index in [0.717, 1.165) is 61.6 Å². The van der Waals surface area contributed by atoms with E-state index in [-0.39, 0.29) is 5.41 Å². The molecule has 0 spiro atoms. The summed E-state index contributed by atoms with van der Waals surface area (Å²) in [5.74, 6) is 3.45. The zero-order chi connectivity index (χ0) is 46.0. The van der Waals surface area contributed by atoms with Crippen LogP contribution in [0.4, 0.5) is 0 Å². The lowest BCUT2D eigenvalue weighted by atomic mass is 9.57. The van der Waals surface area contributed by atoms with Crippen molar-refractivity contribution < 1.29 is 4.42 Å². The van der Waals surface area contributed by atoms with Gasteiger partial charge < -0.3 is 4.42 Å². The number of nitrogens with zero attached hydrogens (tertiary/aromatic N) is 3. The summed E-state index contributed by atoms with van der Waals surface area (Å²) in [6.07, 6.45) is 8.03. The maximum atomic E-state index is 6.64. The Morgan fingerprint density at radius 3 is 2.06 bits per heavy atom. The number of hydrogen-bond donors (Lipinski definition) is 0. The van der Waals surface area contributed by atoms with Crippen molar-refractivity contribution in [2.45, 2.75) is 70.1 Å². The quantitative estimate of drug-likeness (QED) is 0.167. The zero-order valence-corrected chi connectivity index (χ0v) is 40.0. The van der Waals surface area contributed by atoms with Gasteiger partial charge in [-0.3, -0.25) is 0 Å². The van der Waals surface area contributed by atoms with Gasteiger partial charge in [0.2, 0.25) is 0 Å². The lowest BCUT2D eigenvalue weighted by molar-refractivity contribution is 0.110. The van der Waals surface area contributed by atoms with E-state index in [1.54, 1.807) is 0 Å². The number of thiophene rings is 1. The smallest absolute Gasteiger partial charge is 0.167 e. The third kappa shape index (κ3) is 6.57. The minimum Gasteiger partial charge on any atom is -0.455 e. The third-order valence-corrected chi connectivity index (χ3v) is 17.4. The van der Waals surface area contributed by atoms with Crippen LogP contribution in [-0.4, -0.2) is 15.0 Å². The SMILES string of the molecule is CC1CC2CCCC(c3ccc(-c4cc(-c5ccc6c(c5)C(C)(C)c5ccccc5-6)cc(-c5nc(-c6ccc7sc8ccccc8c7c6)nc(-c6cccc7c6oc6ccccc67)n5)c4)cc3)(C1)C2. The summed E-state index contributed by atoms with van der Waals surface area (Å²) < 4.78 is 9.15. The minimum atomic E-state index is -0.128. The highest BCUT2D eigenvalue weighted by molar-refractivity contribution is 7.25. The standard InChI is InChI=1S/C64H51N3OS/c1-38-30-39-12-11-29-64(36-38,37-39)46-25-21-40(22-26-46)43-31-44(41-23-27-48-47-13-4-7-18-54(47)63(2,3)55(48)35-41)33-45(32-43)61-65-60(42-24-28-58-53(34-42)50-15-6-9-20-57(50)69-58)66-62(67-61)52-17-10-16-51-49-14-5-8-19-56(49)68-59(51)52/h4-10,13-28,31-35,38-39H,11-12,29-30,36-37H2,1-3H3. The predicted octanol–water partition coefficient (Wildman–Crippen LogP) is 17.6. The lowest BCUT2D eigenvalue weighted by Gasteiger charge is -2.48. The number of hydrogen-bond acceptors (Lipinski definition) is 5. The molecule has 334 valence electrons. The Hall–Kier alpha value is -7.21. The van der Waals surface area contributed by atoms with Crippen molar-refractivity contribution in [2.24, 2.45) is 11.8 Å². The van der Waals surface area contributed by atoms with Gasteiger partial charge in [0.05, 0.1) is 5.56 Å². The molecule has 8 aromatic carbocycles. The molecule has 0 amide bonds. The molecule has 0 radical (unpaired) electrons. The molecule has 3 heterocycles. The summed E-state index contributed by atoms with van der Waals surface area (Å²) in [6.45, 7) is 7.20. The van der Waals surface area contributed by atoms with Crippen molar-refractivity contribution in [3.8, 4) is 67.5 Å². The van der Waals surface area contributed by atoms with Crippen molar-refractivity contribution in [3.63, 3.8) is 0 Å². The lowest BCUT2D eigenvalue weighted by Crippen LogP contribution is -2.39. The van der Waals surface area contributed by atoms with Gasteiger partial charge in [-0.2, -0.15) is 0 Å². The van der Waals surface area contributed by atoms with Gasteiger partial charge in [0.15, 0.2) is 17.5 Å². The molecule has 3 aliphatic rings. The van der Waals surface area contributed by atoms with Gasteiger partial charge in [-0.25, -0.2) is 15.0 Å². The van der Waals surface area contributed by atoms with E-state index in [9.17, 15) is 0 Å². The molecular weight excluding hydrogens is 859 g/mol. The second-order valence-corrected chi connectivity index (χ2v) is 22.1. The van der Waals surface area contributed by atoms with Crippen molar-refractivity contribution in [2.75, 3.05) is 0 Å². The van der Waals surface area contributed by atoms with Crippen molar-refractivity contribution in [3.05, 3.63) is 187 Å². The molecule has 11 aromatic rings. The summed E-state index contributed by atoms with van der Waals surface area (Å²) >= 11 is 1.82. The Bertz CT molecular complexity index is 3870. The highest BCUT2D eigenvalue weighted by Gasteiger charge is 2.43. The van der Waals surface area contributed by atoms with E-state index in [0.29, 0.717) is 22.9 Å². The second kappa shape index (κ2) is 15.4. The first-order chi connectivity index (χ1) is 33.7. The predicted molar refractivity (Wildman–Crippen MR) is 287 cm³/mol. The van der Waals surface area contributed by atoms with E-state index in [1.165, 1.54) is 97.6 Å². The molecule has 3 atom stereocenters. The molecule has 2 fully saturated rings. The van der Waals surface area contributed by atoms with Crippen molar-refractivity contribution >= 4 is 53.4 Å². The molecule has 0 aliphatic heterocycles. The summed E-state index contributed by atoms with van der Waals surface area (Å²) in [6, 6.07) is 62.4. The van der Waals surface area contributed by atoms with Gasteiger partial charge in [0.1, 0.15) is 11.2 Å². The van der Waals surface area contributed by atoms with Crippen LogP contribution in [0.5, 0.6) is 0 Å². The average molecular weight is 910 g/mol. The summed E-state index contributed by atoms with van der Waals surface area (Å²) in [5, 5.41) is 4.56. The van der Waals surface area contributed by atoms with E-state index in [2.05, 4.69) is 178 Å². The molecule has 2 bridgehead atoms. The Kier molecular flexibility index (Phi) is 9.11. The normalized spacial score (nSPS) is 19.3. The molecule has 4 nitrogen and oxygen atoms in total. The van der Waals surface area contributed by atoms with Crippen LogP contribution in [0, 0.1) is 11.8 Å². The minimum absolute atomic E-state index is 0.128. The summed E-state index contributed by atoms with van der Waals surface area (Å²) in [4.78, 5) is 16.2. The Morgan fingerprint density at radius 1 is 0.507 bits per heavy atom. The van der Waals surface area contributed by atoms with Gasteiger partial charge in [0.25, 0.3) is 0 Å². The molecule has 2 saturated carbocycles. The third-order valence-electron chi connectivity index (χ3n) is 16.3. The maximum absolute atomic E-state index is 6.64. The van der Waals surface area contributed by atoms with Crippen molar-refractivity contribution in [1.29, 1.82) is 0 Å². The molecule has 69 heavy (non-hydrogen) atoms. The van der Waals surface area contributed by atoms with E-state index >= 15 is 0 Å². The van der Waals surface area contributed by atoms with Gasteiger partial charge in [-0.05, 0) is 154 Å². The summed E-state index contributed by atoms with van der Waals surface area (Å²) in [7, 11) is 0. The van der Waals surface area contributed by atoms with Crippen LogP contribution in [-0.2, 0) is 10.8 Å². The zero-order valence-electron chi connectivity index (χ0n) is 39.2. The van der Waals surface area contributed by atoms with Gasteiger partial charge >= 0.3 is 0 Å². The number of fused-ring (bicyclic) bond motifs is 11. The monoisotopic (exact) mass is 909 g/mol. The van der Waals surface area contributed by atoms with Crippen LogP contribution < -0.4 is 0 Å². The highest BCUT2D eigenvalue weighted by atomic mass is 32.1. The molecule has 3 unspecified atom stereocenters. The largest absolute Gasteiger partial charge is 0.455 e. The molecular formula is C64H51N3OS. The first-order valence-corrected chi connectivity index (χ1v) is 25.7. The van der Waals surface area contributed by atoms with Crippen LogP contribution in [0.2, 0.25) is 0 Å². The molecule has 3 aliphatic carbocycles. The van der Waals surface area contributed by atoms with Gasteiger partial charge in [-0.15, -0.1) is 11.3 Å². The van der Waals surface area contributed by atoms with Gasteiger partial charge in [0, 0.05) is 47.5 Å². The number of rotatable bonds is 6. The Labute approximate surface area is 406 Å². The van der Waals surface area contributed by atoms with Gasteiger partial charge in [-0.1, -0.05) is 143 Å². The highest BCUT2D eigenvalue weighted by Crippen LogP contribution is 2.53. The topological polar surface area (TPSA) is 51.8 Å². The number of para-hydroxylation sites is 2. The van der Waals surface area contributed by atoms with Crippen LogP contribution in [0.1, 0.15) is 76.0 Å². The molecule has 5 heteroatoms. The number of benzene rings is 8. The van der Waals surface area contributed by atoms with Crippen molar-refractivity contribution in [1.82, 2.24) is 15.0 Å². The van der Waals surface area contributed by atoms with E-state index in [1.807, 2.05) is 23.5 Å². The number of furan rings is 1. The number of aromatic nitrogens is 3. The molecule has 3 aromatic heterocycles. The first-order valence-electron chi connectivity index (χ1n) is 24.8. The molecule has 0 saturated heterocycles. The second-order valence-electron chi connectivity index (χ2n) is 21.0. The van der Waals surface area contributed by atoms with Crippen LogP contribution >= 0.6 is 11.3 Å².